The lowest BCUT2D eigenvalue weighted by Crippen LogP contribution is -2.37. The summed E-state index contributed by atoms with van der Waals surface area (Å²) in [5.74, 6) is -0.548. The minimum Gasteiger partial charge on any atom is -0.507 e. The standard InChI is InChI=1S/C16H11ClN2O3/c17-10-5-6-14(20)9(7-10)8-12-11-3-1-2-4-13(11)19(15(12)21)16(18)22/h1-8,20H,(H2,18,22). The fourth-order valence-corrected chi connectivity index (χ4v) is 2.58. The number of amides is 3. The number of nitrogens with zero attached hydrogens (tertiary/aromatic N) is 1. The third kappa shape index (κ3) is 2.21. The molecular formula is C16H11ClN2O3. The normalized spacial score (nSPS) is 15.2. The van der Waals surface area contributed by atoms with Crippen LogP contribution in [0.3, 0.4) is 0 Å². The van der Waals surface area contributed by atoms with Crippen LogP contribution in [0, 0.1) is 0 Å². The first-order valence-corrected chi connectivity index (χ1v) is 6.80. The van der Waals surface area contributed by atoms with Crippen molar-refractivity contribution in [2.45, 2.75) is 0 Å². The van der Waals surface area contributed by atoms with Crippen molar-refractivity contribution in [1.82, 2.24) is 0 Å². The van der Waals surface area contributed by atoms with Crippen LogP contribution in [0.25, 0.3) is 11.6 Å². The van der Waals surface area contributed by atoms with Crippen LogP contribution in [0.15, 0.2) is 42.5 Å². The van der Waals surface area contributed by atoms with Crippen molar-refractivity contribution in [2.24, 2.45) is 5.73 Å². The van der Waals surface area contributed by atoms with E-state index in [4.69, 9.17) is 17.3 Å². The number of anilines is 1. The lowest BCUT2D eigenvalue weighted by molar-refractivity contribution is -0.112. The smallest absolute Gasteiger partial charge is 0.326 e. The zero-order valence-electron chi connectivity index (χ0n) is 11.3. The molecule has 0 spiro atoms. The Morgan fingerprint density at radius 2 is 1.95 bits per heavy atom. The number of aromatic hydroxyl groups is 1. The van der Waals surface area contributed by atoms with Crippen molar-refractivity contribution in [3.05, 3.63) is 58.6 Å². The first-order valence-electron chi connectivity index (χ1n) is 6.42. The molecule has 0 unspecified atom stereocenters. The summed E-state index contributed by atoms with van der Waals surface area (Å²) in [7, 11) is 0. The SMILES string of the molecule is NC(=O)N1C(=O)C(=Cc2cc(Cl)ccc2O)c2ccccc21. The van der Waals surface area contributed by atoms with Gasteiger partial charge in [-0.15, -0.1) is 0 Å². The molecule has 3 amide bonds. The van der Waals surface area contributed by atoms with E-state index in [2.05, 4.69) is 0 Å². The number of carbonyl (C=O) groups is 2. The molecule has 0 radical (unpaired) electrons. The molecule has 2 aromatic carbocycles. The predicted molar refractivity (Wildman–Crippen MR) is 84.5 cm³/mol. The minimum atomic E-state index is -0.851. The molecule has 0 saturated carbocycles. The number of urea groups is 1. The van der Waals surface area contributed by atoms with Crippen LogP contribution in [0.2, 0.25) is 5.02 Å². The van der Waals surface area contributed by atoms with Crippen LogP contribution in [-0.2, 0) is 4.79 Å². The first-order chi connectivity index (χ1) is 10.5. The molecule has 1 heterocycles. The van der Waals surface area contributed by atoms with Gasteiger partial charge in [-0.25, -0.2) is 9.69 Å². The number of halogens is 1. The number of nitrogens with two attached hydrogens (primary N) is 1. The molecule has 2 aromatic rings. The molecule has 1 aliphatic rings. The number of phenolic OH excluding ortho intramolecular Hbond substituents is 1. The summed E-state index contributed by atoms with van der Waals surface area (Å²) < 4.78 is 0. The molecule has 110 valence electrons. The molecule has 0 atom stereocenters. The molecule has 0 saturated heterocycles. The Labute approximate surface area is 131 Å². The molecular weight excluding hydrogens is 304 g/mol. The van der Waals surface area contributed by atoms with Gasteiger partial charge in [0.2, 0.25) is 0 Å². The third-order valence-electron chi connectivity index (χ3n) is 3.38. The van der Waals surface area contributed by atoms with Gasteiger partial charge in [0.25, 0.3) is 5.91 Å². The fourth-order valence-electron chi connectivity index (χ4n) is 2.40. The van der Waals surface area contributed by atoms with Gasteiger partial charge in [0.1, 0.15) is 5.75 Å². The summed E-state index contributed by atoms with van der Waals surface area (Å²) in [5, 5.41) is 10.3. The van der Waals surface area contributed by atoms with E-state index in [0.717, 1.165) is 4.90 Å². The highest BCUT2D eigenvalue weighted by molar-refractivity contribution is 6.42. The van der Waals surface area contributed by atoms with E-state index in [-0.39, 0.29) is 11.3 Å². The molecule has 6 heteroatoms. The van der Waals surface area contributed by atoms with E-state index in [9.17, 15) is 14.7 Å². The summed E-state index contributed by atoms with van der Waals surface area (Å²) in [6.45, 7) is 0. The maximum Gasteiger partial charge on any atom is 0.326 e. The number of carbonyl (C=O) groups excluding carboxylic acids is 2. The van der Waals surface area contributed by atoms with Crippen LogP contribution in [0.4, 0.5) is 10.5 Å². The molecule has 0 aliphatic carbocycles. The molecule has 0 fully saturated rings. The highest BCUT2D eigenvalue weighted by Crippen LogP contribution is 2.38. The second-order valence-electron chi connectivity index (χ2n) is 4.76. The van der Waals surface area contributed by atoms with E-state index in [0.29, 0.717) is 21.8 Å². The number of fused-ring (bicyclic) bond motifs is 1. The first kappa shape index (κ1) is 14.2. The number of imide groups is 1. The van der Waals surface area contributed by atoms with Crippen LogP contribution in [0.5, 0.6) is 5.75 Å². The van der Waals surface area contributed by atoms with Crippen LogP contribution in [0.1, 0.15) is 11.1 Å². The quantitative estimate of drug-likeness (QED) is 0.794. The second-order valence-corrected chi connectivity index (χ2v) is 5.19. The number of phenols is 1. The van der Waals surface area contributed by atoms with E-state index in [1.54, 1.807) is 30.3 Å². The predicted octanol–water partition coefficient (Wildman–Crippen LogP) is 3.01. The van der Waals surface area contributed by atoms with Gasteiger partial charge in [-0.3, -0.25) is 4.79 Å². The van der Waals surface area contributed by atoms with Gasteiger partial charge in [-0.2, -0.15) is 0 Å². The van der Waals surface area contributed by atoms with Gasteiger partial charge >= 0.3 is 6.03 Å². The summed E-state index contributed by atoms with van der Waals surface area (Å²) in [4.78, 5) is 24.9. The van der Waals surface area contributed by atoms with Crippen molar-refractivity contribution in [2.75, 3.05) is 4.90 Å². The van der Waals surface area contributed by atoms with Crippen molar-refractivity contribution < 1.29 is 14.7 Å². The Bertz CT molecular complexity index is 830. The Morgan fingerprint density at radius 1 is 1.23 bits per heavy atom. The summed E-state index contributed by atoms with van der Waals surface area (Å²) >= 11 is 5.91. The number of para-hydroxylation sites is 1. The zero-order chi connectivity index (χ0) is 15.9. The van der Waals surface area contributed by atoms with Gasteiger partial charge < -0.3 is 10.8 Å². The number of hydrogen-bond acceptors (Lipinski definition) is 3. The minimum absolute atomic E-state index is 0.0142. The van der Waals surface area contributed by atoms with E-state index in [1.807, 2.05) is 0 Å². The van der Waals surface area contributed by atoms with Gasteiger partial charge in [-0.05, 0) is 30.3 Å². The summed E-state index contributed by atoms with van der Waals surface area (Å²) in [6, 6.07) is 10.5. The average Bonchev–Trinajstić information content (AvgIpc) is 2.76. The fraction of sp³-hybridized carbons (Fsp3) is 0. The molecule has 0 aromatic heterocycles. The van der Waals surface area contributed by atoms with Crippen LogP contribution in [-0.4, -0.2) is 17.0 Å². The number of primary amides is 1. The van der Waals surface area contributed by atoms with Crippen molar-refractivity contribution >= 4 is 40.9 Å². The number of hydrogen-bond donors (Lipinski definition) is 2. The van der Waals surface area contributed by atoms with Crippen LogP contribution >= 0.6 is 11.6 Å². The third-order valence-corrected chi connectivity index (χ3v) is 3.61. The maximum absolute atomic E-state index is 12.4. The Kier molecular flexibility index (Phi) is 3.35. The molecule has 22 heavy (non-hydrogen) atoms. The lowest BCUT2D eigenvalue weighted by atomic mass is 10.0. The van der Waals surface area contributed by atoms with Crippen molar-refractivity contribution in [1.29, 1.82) is 0 Å². The largest absolute Gasteiger partial charge is 0.507 e. The summed E-state index contributed by atoms with van der Waals surface area (Å²) in [6.07, 6.45) is 1.49. The van der Waals surface area contributed by atoms with Gasteiger partial charge in [0, 0.05) is 16.1 Å². The lowest BCUT2D eigenvalue weighted by Gasteiger charge is -2.10. The Balaban J connectivity index is 2.19. The molecule has 0 bridgehead atoms. The van der Waals surface area contributed by atoms with Crippen molar-refractivity contribution in [3.8, 4) is 5.75 Å². The highest BCUT2D eigenvalue weighted by atomic mass is 35.5. The van der Waals surface area contributed by atoms with Gasteiger partial charge in [0.05, 0.1) is 11.3 Å². The molecule has 3 N–H and O–H groups in total. The van der Waals surface area contributed by atoms with Crippen molar-refractivity contribution in [3.63, 3.8) is 0 Å². The molecule has 5 nitrogen and oxygen atoms in total. The average molecular weight is 315 g/mol. The second kappa shape index (κ2) is 5.20. The number of rotatable bonds is 1. The molecule has 1 aliphatic heterocycles. The maximum atomic E-state index is 12.4. The van der Waals surface area contributed by atoms with E-state index >= 15 is 0 Å². The molecule has 3 rings (SSSR count). The van der Waals surface area contributed by atoms with Gasteiger partial charge in [0.15, 0.2) is 0 Å². The van der Waals surface area contributed by atoms with Gasteiger partial charge in [-0.1, -0.05) is 29.8 Å². The highest BCUT2D eigenvalue weighted by Gasteiger charge is 2.35. The monoisotopic (exact) mass is 314 g/mol. The zero-order valence-corrected chi connectivity index (χ0v) is 12.0. The van der Waals surface area contributed by atoms with E-state index in [1.165, 1.54) is 18.2 Å². The van der Waals surface area contributed by atoms with Crippen LogP contribution < -0.4 is 10.6 Å². The Morgan fingerprint density at radius 3 is 2.68 bits per heavy atom. The Hall–Kier alpha value is -2.79. The van der Waals surface area contributed by atoms with E-state index < -0.39 is 11.9 Å². The summed E-state index contributed by atoms with van der Waals surface area (Å²) in [5.41, 5.74) is 6.94. The topological polar surface area (TPSA) is 83.6 Å². The number of benzene rings is 2.